The lowest BCUT2D eigenvalue weighted by Gasteiger charge is -2.13. The fraction of sp³-hybridized carbons (Fsp3) is 0.417. The molecule has 0 amide bonds. The highest BCUT2D eigenvalue weighted by molar-refractivity contribution is 6.26. The van der Waals surface area contributed by atoms with Crippen LogP contribution in [0.3, 0.4) is 0 Å². The minimum absolute atomic E-state index is 0.0480. The van der Waals surface area contributed by atoms with E-state index in [2.05, 4.69) is 0 Å². The van der Waals surface area contributed by atoms with E-state index in [4.69, 9.17) is 26.7 Å². The van der Waals surface area contributed by atoms with Crippen LogP contribution in [0.15, 0.2) is 6.07 Å². The van der Waals surface area contributed by atoms with Crippen molar-refractivity contribution in [1.82, 2.24) is 4.42 Å². The third kappa shape index (κ3) is 1.99. The molecule has 0 saturated heterocycles. The Morgan fingerprint density at radius 3 is 2.67 bits per heavy atom. The van der Waals surface area contributed by atoms with E-state index in [1.807, 2.05) is 6.92 Å². The number of hydrogen-bond acceptors (Lipinski definition) is 3. The van der Waals surface area contributed by atoms with Crippen molar-refractivity contribution in [3.8, 4) is 11.5 Å². The lowest BCUT2D eigenvalue weighted by Crippen LogP contribution is -2.12. The monoisotopic (exact) mass is 272 g/mol. The van der Waals surface area contributed by atoms with Gasteiger partial charge in [0.05, 0.1) is 25.3 Å². The maximum Gasteiger partial charge on any atom is 0.197 e. The van der Waals surface area contributed by atoms with Crippen molar-refractivity contribution in [2.75, 3.05) is 13.2 Å². The molecule has 1 aliphatic rings. The van der Waals surface area contributed by atoms with Crippen LogP contribution in [0.5, 0.6) is 11.5 Å². The Labute approximate surface area is 110 Å². The topological polar surface area (TPSA) is 45.6 Å². The van der Waals surface area contributed by atoms with Gasteiger partial charge in [0.2, 0.25) is 0 Å². The predicted molar refractivity (Wildman–Crippen MR) is 67.0 cm³/mol. The summed E-state index contributed by atoms with van der Waals surface area (Å²) in [6.45, 7) is 4.62. The predicted octanol–water partition coefficient (Wildman–Crippen LogP) is 2.92. The molecule has 0 bridgehead atoms. The van der Waals surface area contributed by atoms with Gasteiger partial charge in [-0.05, 0) is 25.5 Å². The molecule has 0 atom stereocenters. The molecule has 2 rings (SSSR count). The Balaban J connectivity index is 2.56. The summed E-state index contributed by atoms with van der Waals surface area (Å²) in [7, 11) is 0. The molecule has 4 nitrogen and oxygen atoms in total. The zero-order valence-corrected chi connectivity index (χ0v) is 11.0. The summed E-state index contributed by atoms with van der Waals surface area (Å²) in [5.74, 6) is -0.218. The van der Waals surface area contributed by atoms with Crippen LogP contribution in [0.25, 0.3) is 0 Å². The van der Waals surface area contributed by atoms with Gasteiger partial charge in [-0.1, -0.05) is 0 Å². The zero-order chi connectivity index (χ0) is 13.3. The van der Waals surface area contributed by atoms with Crippen LogP contribution in [0.4, 0.5) is 4.39 Å². The maximum absolute atomic E-state index is 14.3. The van der Waals surface area contributed by atoms with Gasteiger partial charge in [-0.3, -0.25) is 9.83 Å². The van der Waals surface area contributed by atoms with Gasteiger partial charge in [0.15, 0.2) is 17.3 Å². The number of hydrogen-bond donors (Lipinski definition) is 1. The highest BCUT2D eigenvalue weighted by atomic mass is 35.5. The summed E-state index contributed by atoms with van der Waals surface area (Å²) >= 11 is 5.82. The van der Waals surface area contributed by atoms with E-state index < -0.39 is 5.82 Å². The number of nitrogens with one attached hydrogen (secondary N) is 1. The molecule has 6 heteroatoms. The van der Waals surface area contributed by atoms with Crippen LogP contribution in [0, 0.1) is 11.2 Å². The molecule has 0 radical (unpaired) electrons. The van der Waals surface area contributed by atoms with E-state index in [1.165, 1.54) is 4.42 Å². The van der Waals surface area contributed by atoms with Gasteiger partial charge in [-0.25, -0.2) is 4.39 Å². The smallest absolute Gasteiger partial charge is 0.197 e. The number of benzene rings is 1. The fourth-order valence-electron chi connectivity index (χ4n) is 1.93. The van der Waals surface area contributed by atoms with Crippen LogP contribution < -0.4 is 9.47 Å². The summed E-state index contributed by atoms with van der Waals surface area (Å²) in [6, 6.07) is 1.68. The van der Waals surface area contributed by atoms with Crippen LogP contribution in [-0.4, -0.2) is 23.5 Å². The zero-order valence-electron chi connectivity index (χ0n) is 10.2. The van der Waals surface area contributed by atoms with Crippen LogP contribution in [0.1, 0.15) is 25.0 Å². The maximum atomic E-state index is 14.3. The third-order valence-electron chi connectivity index (χ3n) is 2.65. The van der Waals surface area contributed by atoms with Crippen molar-refractivity contribution in [2.45, 2.75) is 20.4 Å². The number of amidine groups is 1. The van der Waals surface area contributed by atoms with Crippen LogP contribution >= 0.6 is 11.8 Å². The summed E-state index contributed by atoms with van der Waals surface area (Å²) < 4.78 is 26.1. The van der Waals surface area contributed by atoms with E-state index in [-0.39, 0.29) is 17.1 Å². The molecular weight excluding hydrogens is 259 g/mol. The number of halogens is 2. The molecule has 98 valence electrons. The van der Waals surface area contributed by atoms with Gasteiger partial charge in [0.25, 0.3) is 0 Å². The molecule has 0 saturated carbocycles. The van der Waals surface area contributed by atoms with E-state index in [0.29, 0.717) is 31.1 Å². The van der Waals surface area contributed by atoms with Crippen LogP contribution in [-0.2, 0) is 6.54 Å². The number of ether oxygens (including phenoxy) is 2. The third-order valence-corrected chi connectivity index (χ3v) is 2.93. The minimum Gasteiger partial charge on any atom is -0.490 e. The Hall–Kier alpha value is -1.49. The highest BCUT2D eigenvalue weighted by Crippen LogP contribution is 2.39. The van der Waals surface area contributed by atoms with Crippen molar-refractivity contribution in [3.05, 3.63) is 23.0 Å². The molecule has 1 aromatic rings. The van der Waals surface area contributed by atoms with Crippen molar-refractivity contribution in [1.29, 1.82) is 5.41 Å². The highest BCUT2D eigenvalue weighted by Gasteiger charge is 2.31. The van der Waals surface area contributed by atoms with Gasteiger partial charge in [0, 0.05) is 11.8 Å². The van der Waals surface area contributed by atoms with Gasteiger partial charge < -0.3 is 9.47 Å². The number of nitrogens with zero attached hydrogens (tertiary/aromatic N) is 1. The molecule has 1 aromatic carbocycles. The second-order valence-corrected chi connectivity index (χ2v) is 4.19. The quantitative estimate of drug-likeness (QED) is 0.857. The van der Waals surface area contributed by atoms with E-state index in [1.54, 1.807) is 13.0 Å². The van der Waals surface area contributed by atoms with E-state index in [0.717, 1.165) is 0 Å². The Morgan fingerprint density at radius 2 is 2.06 bits per heavy atom. The lowest BCUT2D eigenvalue weighted by molar-refractivity contribution is 0.275. The van der Waals surface area contributed by atoms with Gasteiger partial charge in [-0.15, -0.1) is 0 Å². The summed E-state index contributed by atoms with van der Waals surface area (Å²) in [4.78, 5) is 0. The van der Waals surface area contributed by atoms with Crippen molar-refractivity contribution >= 4 is 17.6 Å². The molecule has 18 heavy (non-hydrogen) atoms. The van der Waals surface area contributed by atoms with Crippen molar-refractivity contribution < 1.29 is 13.9 Å². The van der Waals surface area contributed by atoms with Crippen LogP contribution in [0.2, 0.25) is 0 Å². The Kier molecular flexibility index (Phi) is 3.61. The molecule has 0 spiro atoms. The largest absolute Gasteiger partial charge is 0.490 e. The first-order valence-electron chi connectivity index (χ1n) is 5.73. The van der Waals surface area contributed by atoms with E-state index >= 15 is 0 Å². The van der Waals surface area contributed by atoms with Gasteiger partial charge in [0.1, 0.15) is 5.84 Å². The number of fused-ring (bicyclic) bond motifs is 1. The fourth-order valence-corrected chi connectivity index (χ4v) is 2.14. The second kappa shape index (κ2) is 5.02. The first-order valence-corrected chi connectivity index (χ1v) is 6.07. The molecule has 0 aliphatic carbocycles. The van der Waals surface area contributed by atoms with E-state index in [9.17, 15) is 4.39 Å². The number of rotatable bonds is 4. The summed E-state index contributed by atoms with van der Waals surface area (Å²) in [5.41, 5.74) is 0.830. The normalized spacial score (nSPS) is 13.8. The average molecular weight is 273 g/mol. The molecule has 1 aliphatic heterocycles. The lowest BCUT2D eigenvalue weighted by atomic mass is 10.1. The summed E-state index contributed by atoms with van der Waals surface area (Å²) in [5, 5.41) is 7.74. The second-order valence-electron chi connectivity index (χ2n) is 3.79. The average Bonchev–Trinajstić information content (AvgIpc) is 2.60. The molecule has 1 N–H and O–H groups in total. The van der Waals surface area contributed by atoms with Crippen molar-refractivity contribution in [3.63, 3.8) is 0 Å². The van der Waals surface area contributed by atoms with Gasteiger partial charge >= 0.3 is 0 Å². The molecule has 1 heterocycles. The first-order chi connectivity index (χ1) is 8.60. The Morgan fingerprint density at radius 1 is 1.39 bits per heavy atom. The van der Waals surface area contributed by atoms with Gasteiger partial charge in [-0.2, -0.15) is 0 Å². The SMILES string of the molecule is CCOc1cc2c(c(F)c1OCC)C(=N)N(Cl)C2. The minimum atomic E-state index is -0.578. The molecular formula is C12H14ClFN2O2. The molecule has 0 aromatic heterocycles. The molecule has 0 unspecified atom stereocenters. The van der Waals surface area contributed by atoms with Crippen molar-refractivity contribution in [2.24, 2.45) is 0 Å². The Bertz CT molecular complexity index is 493. The first kappa shape index (κ1) is 13.0. The standard InChI is InChI=1S/C12H14ClFN2O2/c1-3-17-8-5-7-6-16(13)12(15)9(7)10(14)11(8)18-4-2/h5,15H,3-4,6H2,1-2H3. The molecule has 0 fully saturated rings. The summed E-state index contributed by atoms with van der Waals surface area (Å²) in [6.07, 6.45) is 0.